The summed E-state index contributed by atoms with van der Waals surface area (Å²) in [5.41, 5.74) is 7.29. The second-order valence-electron chi connectivity index (χ2n) is 12.9. The molecule has 0 radical (unpaired) electrons. The summed E-state index contributed by atoms with van der Waals surface area (Å²) in [6.45, 7) is 5.62. The number of amides is 1. The molecule has 3 atom stereocenters. The minimum atomic E-state index is -0.422. The molecular weight excluding hydrogens is 592 g/mol. The Morgan fingerprint density at radius 1 is 0.872 bits per heavy atom. The van der Waals surface area contributed by atoms with Gasteiger partial charge in [0, 0.05) is 17.7 Å². The average Bonchev–Trinajstić information content (AvgIpc) is 3.93. The average molecular weight is 633 g/mol. The number of fused-ring (bicyclic) bond motifs is 1. The molecule has 0 bridgehead atoms. The van der Waals surface area contributed by atoms with E-state index < -0.39 is 5.92 Å². The van der Waals surface area contributed by atoms with Gasteiger partial charge >= 0.3 is 5.97 Å². The molecule has 3 aromatic heterocycles. The fourth-order valence-corrected chi connectivity index (χ4v) is 6.77. The number of aromatic nitrogens is 6. The molecule has 5 heterocycles. The van der Waals surface area contributed by atoms with Gasteiger partial charge in [-0.15, -0.1) is 0 Å². The molecule has 242 valence electrons. The molecule has 1 amide bonds. The van der Waals surface area contributed by atoms with E-state index >= 15 is 0 Å². The van der Waals surface area contributed by atoms with E-state index in [0.717, 1.165) is 82.3 Å². The van der Waals surface area contributed by atoms with E-state index in [1.165, 1.54) is 13.5 Å². The summed E-state index contributed by atoms with van der Waals surface area (Å²) in [7, 11) is 1.36. The van der Waals surface area contributed by atoms with Crippen molar-refractivity contribution >= 4 is 22.9 Å². The van der Waals surface area contributed by atoms with E-state index in [9.17, 15) is 9.59 Å². The number of benzene rings is 2. The van der Waals surface area contributed by atoms with Crippen molar-refractivity contribution in [2.45, 2.75) is 58.0 Å². The molecule has 2 fully saturated rings. The maximum atomic E-state index is 13.5. The number of esters is 1. The Balaban J connectivity index is 1.05. The number of H-pyrrole nitrogens is 2. The van der Waals surface area contributed by atoms with Gasteiger partial charge in [-0.3, -0.25) is 14.6 Å². The van der Waals surface area contributed by atoms with E-state index in [1.807, 2.05) is 73.7 Å². The number of imidazole rings is 2. The van der Waals surface area contributed by atoms with Crippen LogP contribution in [0.5, 0.6) is 0 Å². The fraction of sp³-hybridized carbons (Fsp3) is 0.389. The van der Waals surface area contributed by atoms with E-state index in [4.69, 9.17) is 14.7 Å². The van der Waals surface area contributed by atoms with Crippen molar-refractivity contribution in [1.82, 2.24) is 40.1 Å². The normalized spacial score (nSPS) is 18.7. The second kappa shape index (κ2) is 13.1. The van der Waals surface area contributed by atoms with Crippen LogP contribution in [0.15, 0.2) is 61.1 Å². The molecule has 5 aromatic rings. The number of hydrogen-bond donors (Lipinski definition) is 3. The van der Waals surface area contributed by atoms with Gasteiger partial charge in [-0.1, -0.05) is 44.2 Å². The van der Waals surface area contributed by atoms with Crippen molar-refractivity contribution in [3.05, 3.63) is 72.7 Å². The van der Waals surface area contributed by atoms with Gasteiger partial charge in [0.2, 0.25) is 5.91 Å². The number of carbonyl (C=O) groups is 2. The lowest BCUT2D eigenvalue weighted by Crippen LogP contribution is -2.39. The van der Waals surface area contributed by atoms with Crippen LogP contribution >= 0.6 is 0 Å². The van der Waals surface area contributed by atoms with Gasteiger partial charge in [0.1, 0.15) is 11.6 Å². The van der Waals surface area contributed by atoms with Crippen molar-refractivity contribution in [3.8, 4) is 33.8 Å². The van der Waals surface area contributed by atoms with Crippen LogP contribution in [-0.4, -0.2) is 66.9 Å². The summed E-state index contributed by atoms with van der Waals surface area (Å²) in [4.78, 5) is 53.3. The highest BCUT2D eigenvalue weighted by atomic mass is 16.5. The molecule has 0 spiro atoms. The summed E-state index contributed by atoms with van der Waals surface area (Å²) < 4.78 is 4.86. The van der Waals surface area contributed by atoms with Gasteiger partial charge in [-0.05, 0) is 55.8 Å². The number of aromatic amines is 2. The third-order valence-electron chi connectivity index (χ3n) is 9.51. The molecule has 7 rings (SSSR count). The Morgan fingerprint density at radius 3 is 2.34 bits per heavy atom. The summed E-state index contributed by atoms with van der Waals surface area (Å²) in [5, 5.41) is 3.49. The molecule has 3 N–H and O–H groups in total. The predicted octanol–water partition coefficient (Wildman–Crippen LogP) is 6.00. The third kappa shape index (κ3) is 6.27. The molecule has 2 saturated heterocycles. The van der Waals surface area contributed by atoms with Crippen LogP contribution in [0, 0.1) is 11.8 Å². The Morgan fingerprint density at radius 2 is 1.60 bits per heavy atom. The van der Waals surface area contributed by atoms with Crippen molar-refractivity contribution in [1.29, 1.82) is 0 Å². The highest BCUT2D eigenvalue weighted by molar-refractivity contribution is 5.85. The molecule has 11 nitrogen and oxygen atoms in total. The Hall–Kier alpha value is -4.90. The number of ether oxygens (including phenoxy) is 1. The largest absolute Gasteiger partial charge is 0.469 e. The van der Waals surface area contributed by atoms with Crippen LogP contribution in [-0.2, 0) is 14.3 Å². The van der Waals surface area contributed by atoms with Crippen molar-refractivity contribution in [3.63, 3.8) is 0 Å². The van der Waals surface area contributed by atoms with Crippen LogP contribution in [0.25, 0.3) is 44.8 Å². The Labute approximate surface area is 273 Å². The van der Waals surface area contributed by atoms with Gasteiger partial charge in [0.05, 0.1) is 78.2 Å². The van der Waals surface area contributed by atoms with Crippen molar-refractivity contribution < 1.29 is 14.3 Å². The highest BCUT2D eigenvalue weighted by Gasteiger charge is 2.37. The molecule has 2 aliphatic rings. The third-order valence-corrected chi connectivity index (χ3v) is 9.51. The lowest BCUT2D eigenvalue weighted by atomic mass is 9.91. The first-order valence-electron chi connectivity index (χ1n) is 16.5. The molecule has 0 unspecified atom stereocenters. The van der Waals surface area contributed by atoms with E-state index in [0.29, 0.717) is 12.6 Å². The monoisotopic (exact) mass is 632 g/mol. The van der Waals surface area contributed by atoms with Gasteiger partial charge in [0.15, 0.2) is 0 Å². The van der Waals surface area contributed by atoms with Gasteiger partial charge in [-0.2, -0.15) is 0 Å². The quantitative estimate of drug-likeness (QED) is 0.168. The molecule has 2 aromatic carbocycles. The second-order valence-corrected chi connectivity index (χ2v) is 12.9. The molecular formula is C36H40N8O3. The van der Waals surface area contributed by atoms with Gasteiger partial charge in [0.25, 0.3) is 0 Å². The first-order valence-corrected chi connectivity index (χ1v) is 16.5. The zero-order chi connectivity index (χ0) is 32.5. The van der Waals surface area contributed by atoms with Gasteiger partial charge in [-0.25, -0.2) is 15.0 Å². The van der Waals surface area contributed by atoms with Crippen molar-refractivity contribution in [2.75, 3.05) is 20.2 Å². The molecule has 0 aliphatic carbocycles. The number of likely N-dealkylation sites (tertiary alicyclic amines) is 1. The summed E-state index contributed by atoms with van der Waals surface area (Å²) >= 11 is 0. The lowest BCUT2D eigenvalue weighted by molar-refractivity contribution is -0.148. The van der Waals surface area contributed by atoms with Crippen LogP contribution in [0.3, 0.4) is 0 Å². The zero-order valence-electron chi connectivity index (χ0n) is 27.0. The fourth-order valence-electron chi connectivity index (χ4n) is 6.77. The zero-order valence-corrected chi connectivity index (χ0v) is 27.0. The van der Waals surface area contributed by atoms with Crippen LogP contribution in [0.4, 0.5) is 0 Å². The van der Waals surface area contributed by atoms with Crippen molar-refractivity contribution in [2.24, 2.45) is 11.8 Å². The SMILES string of the molecule is COC(=O)C[C@H](C(=O)N1CCC[C@H]1c1ncc(-c2ccc(-c3cnc4cc(-c5cnc([C@@H]6CCCN6)[nH]5)ccc4n3)cc2)[nH]1)C(C)C. The molecule has 2 aliphatic heterocycles. The molecule has 47 heavy (non-hydrogen) atoms. The van der Waals surface area contributed by atoms with E-state index in [2.05, 4.69) is 31.3 Å². The van der Waals surface area contributed by atoms with Crippen LogP contribution in [0.2, 0.25) is 0 Å². The minimum absolute atomic E-state index is 0.0183. The summed E-state index contributed by atoms with van der Waals surface area (Å²) in [6.07, 6.45) is 9.59. The topological polar surface area (TPSA) is 142 Å². The highest BCUT2D eigenvalue weighted by Crippen LogP contribution is 2.35. The molecule has 0 saturated carbocycles. The smallest absolute Gasteiger partial charge is 0.306 e. The maximum absolute atomic E-state index is 13.5. The minimum Gasteiger partial charge on any atom is -0.469 e. The standard InChI is InChI=1S/C36H40N8O3/c1-21(2)25(17-33(45)47-3)36(46)44-15-5-7-32(44)35-40-19-30(43-35)23-10-8-22(9-11-23)29-18-38-28-16-24(12-13-26(28)41-29)31-20-39-34(42-31)27-6-4-14-37-27/h8-13,16,18-21,25,27,32,37H,4-7,14-15,17H2,1-3H3,(H,39,42)(H,40,43)/t25-,27-,32-/m0/s1. The first-order chi connectivity index (χ1) is 22.9. The first kappa shape index (κ1) is 30.7. The number of nitrogens with one attached hydrogen (secondary N) is 3. The number of hydrogen-bond acceptors (Lipinski definition) is 8. The number of carbonyl (C=O) groups excluding carboxylic acids is 2. The van der Waals surface area contributed by atoms with Crippen LogP contribution < -0.4 is 5.32 Å². The molecule has 11 heteroatoms. The van der Waals surface area contributed by atoms with Gasteiger partial charge < -0.3 is 24.9 Å². The van der Waals surface area contributed by atoms with E-state index in [-0.39, 0.29) is 30.3 Å². The maximum Gasteiger partial charge on any atom is 0.306 e. The number of rotatable bonds is 9. The van der Waals surface area contributed by atoms with E-state index in [1.54, 1.807) is 0 Å². The lowest BCUT2D eigenvalue weighted by Gasteiger charge is -2.29. The summed E-state index contributed by atoms with van der Waals surface area (Å²) in [5.74, 6) is 0.960. The summed E-state index contributed by atoms with van der Waals surface area (Å²) in [6, 6.07) is 14.4. The van der Waals surface area contributed by atoms with Crippen LogP contribution in [0.1, 0.15) is 69.7 Å². The predicted molar refractivity (Wildman–Crippen MR) is 179 cm³/mol. The Bertz CT molecular complexity index is 1890. The Kier molecular flexibility index (Phi) is 8.55. The number of methoxy groups -OCH3 is 1. The number of nitrogens with zero attached hydrogens (tertiary/aromatic N) is 5.